The molecule has 2 fully saturated rings. The number of rotatable bonds is 1. The zero-order valence-corrected chi connectivity index (χ0v) is 9.43. The Morgan fingerprint density at radius 2 is 2.00 bits per heavy atom. The topological polar surface area (TPSA) is 82.0 Å². The molecule has 0 spiro atoms. The number of carbonyl (C=O) groups excluding carboxylic acids is 2. The summed E-state index contributed by atoms with van der Waals surface area (Å²) in [6.07, 6.45) is 2.98. The molecule has 6 heteroatoms. The molecule has 2 amide bonds. The van der Waals surface area contributed by atoms with E-state index in [1.807, 2.05) is 4.90 Å². The van der Waals surface area contributed by atoms with Gasteiger partial charge in [-0.15, -0.1) is 0 Å². The van der Waals surface area contributed by atoms with Crippen molar-refractivity contribution in [2.75, 3.05) is 0 Å². The van der Waals surface area contributed by atoms with E-state index < -0.39 is 0 Å². The maximum absolute atomic E-state index is 12.2. The van der Waals surface area contributed by atoms with Gasteiger partial charge >= 0.3 is 0 Å². The van der Waals surface area contributed by atoms with Crippen molar-refractivity contribution < 1.29 is 14.7 Å². The summed E-state index contributed by atoms with van der Waals surface area (Å²) in [6.45, 7) is 0. The number of amides is 2. The van der Waals surface area contributed by atoms with Crippen molar-refractivity contribution in [3.05, 3.63) is 0 Å². The van der Waals surface area contributed by atoms with Crippen LogP contribution in [0, 0.1) is 0 Å². The molecule has 17 heavy (non-hydrogen) atoms. The van der Waals surface area contributed by atoms with Gasteiger partial charge in [0, 0.05) is 12.1 Å². The van der Waals surface area contributed by atoms with Crippen molar-refractivity contribution in [2.24, 2.45) is 5.10 Å². The van der Waals surface area contributed by atoms with Crippen LogP contribution >= 0.6 is 0 Å². The molecule has 2 N–H and O–H groups in total. The molecular formula is C11H15N3O3. The lowest BCUT2D eigenvalue weighted by Gasteiger charge is -2.37. The normalized spacial score (nSPS) is 35.8. The molecule has 0 aromatic heterocycles. The standard InChI is InChI=1S/C11H15N3O3/c15-8-3-6-1-2-7(4-8)14(6)11(17)9-5-10(16)13-12-9/h6-8,15H,1-5H2,(H,13,16)/t6-,7+,8?. The fraction of sp³-hybridized carbons (Fsp3) is 0.727. The molecule has 3 atom stereocenters. The van der Waals surface area contributed by atoms with E-state index in [1.54, 1.807) is 0 Å². The Labute approximate surface area is 98.7 Å². The predicted octanol–water partition coefficient (Wildman–Crippen LogP) is -0.623. The lowest BCUT2D eigenvalue weighted by atomic mass is 9.99. The molecule has 3 aliphatic heterocycles. The van der Waals surface area contributed by atoms with Gasteiger partial charge in [0.2, 0.25) is 5.91 Å². The van der Waals surface area contributed by atoms with Gasteiger partial charge in [0.05, 0.1) is 12.5 Å². The number of hydrazone groups is 1. The van der Waals surface area contributed by atoms with Crippen LogP contribution in [0.25, 0.3) is 0 Å². The summed E-state index contributed by atoms with van der Waals surface area (Å²) in [5.41, 5.74) is 2.61. The lowest BCUT2D eigenvalue weighted by Crippen LogP contribution is -2.50. The number of hydrogen-bond donors (Lipinski definition) is 2. The van der Waals surface area contributed by atoms with Gasteiger partial charge in [0.1, 0.15) is 5.71 Å². The number of nitrogens with one attached hydrogen (secondary N) is 1. The van der Waals surface area contributed by atoms with Gasteiger partial charge in [0.15, 0.2) is 0 Å². The van der Waals surface area contributed by atoms with E-state index in [0.29, 0.717) is 18.6 Å². The number of fused-ring (bicyclic) bond motifs is 2. The number of nitrogens with zero attached hydrogens (tertiary/aromatic N) is 2. The van der Waals surface area contributed by atoms with E-state index in [4.69, 9.17) is 0 Å². The quantitative estimate of drug-likeness (QED) is 0.637. The van der Waals surface area contributed by atoms with Crippen LogP contribution in [0.2, 0.25) is 0 Å². The summed E-state index contributed by atoms with van der Waals surface area (Å²) in [7, 11) is 0. The Balaban J connectivity index is 1.77. The number of aliphatic hydroxyl groups excluding tert-OH is 1. The van der Waals surface area contributed by atoms with Gasteiger partial charge in [-0.05, 0) is 25.7 Å². The minimum atomic E-state index is -0.290. The second-order valence-corrected chi connectivity index (χ2v) is 4.99. The van der Waals surface area contributed by atoms with Gasteiger partial charge in [-0.2, -0.15) is 5.10 Å². The van der Waals surface area contributed by atoms with Gasteiger partial charge in [-0.3, -0.25) is 9.59 Å². The minimum Gasteiger partial charge on any atom is -0.393 e. The van der Waals surface area contributed by atoms with Crippen LogP contribution in [-0.4, -0.2) is 45.7 Å². The summed E-state index contributed by atoms with van der Waals surface area (Å²) < 4.78 is 0. The van der Waals surface area contributed by atoms with Crippen LogP contribution in [0.4, 0.5) is 0 Å². The van der Waals surface area contributed by atoms with Crippen LogP contribution in [-0.2, 0) is 9.59 Å². The summed E-state index contributed by atoms with van der Waals surface area (Å²) in [5, 5.41) is 13.4. The van der Waals surface area contributed by atoms with Gasteiger partial charge in [0.25, 0.3) is 5.91 Å². The van der Waals surface area contributed by atoms with Gasteiger partial charge < -0.3 is 10.0 Å². The molecule has 2 bridgehead atoms. The molecule has 3 rings (SSSR count). The predicted molar refractivity (Wildman–Crippen MR) is 59.1 cm³/mol. The van der Waals surface area contributed by atoms with Crippen LogP contribution < -0.4 is 5.43 Å². The molecule has 3 heterocycles. The van der Waals surface area contributed by atoms with Crippen LogP contribution in [0.5, 0.6) is 0 Å². The number of hydrogen-bond acceptors (Lipinski definition) is 4. The largest absolute Gasteiger partial charge is 0.393 e. The minimum absolute atomic E-state index is 0.0807. The van der Waals surface area contributed by atoms with Crippen LogP contribution in [0.1, 0.15) is 32.1 Å². The highest BCUT2D eigenvalue weighted by Gasteiger charge is 2.44. The summed E-state index contributed by atoms with van der Waals surface area (Å²) in [4.78, 5) is 25.1. The van der Waals surface area contributed by atoms with Crippen molar-refractivity contribution >= 4 is 17.5 Å². The lowest BCUT2D eigenvalue weighted by molar-refractivity contribution is -0.130. The van der Waals surface area contributed by atoms with Crippen molar-refractivity contribution in [1.29, 1.82) is 0 Å². The third kappa shape index (κ3) is 1.72. The second-order valence-electron chi connectivity index (χ2n) is 4.99. The average molecular weight is 237 g/mol. The number of aliphatic hydroxyl groups is 1. The highest BCUT2D eigenvalue weighted by atomic mass is 16.3. The maximum Gasteiger partial charge on any atom is 0.271 e. The van der Waals surface area contributed by atoms with Crippen molar-refractivity contribution in [3.63, 3.8) is 0 Å². The van der Waals surface area contributed by atoms with E-state index >= 15 is 0 Å². The molecule has 0 aliphatic carbocycles. The van der Waals surface area contributed by atoms with Crippen LogP contribution in [0.3, 0.4) is 0 Å². The SMILES string of the molecule is O=C1CC(C(=O)N2[C@@H]3CC[C@H]2CC(O)C3)=NN1. The monoisotopic (exact) mass is 237 g/mol. The third-order valence-corrected chi connectivity index (χ3v) is 3.83. The van der Waals surface area contributed by atoms with E-state index in [0.717, 1.165) is 12.8 Å². The zero-order chi connectivity index (χ0) is 12.0. The summed E-state index contributed by atoms with van der Waals surface area (Å²) in [6, 6.07) is 0.240. The number of carbonyl (C=O) groups is 2. The van der Waals surface area contributed by atoms with Gasteiger partial charge in [-0.25, -0.2) is 5.43 Å². The van der Waals surface area contributed by atoms with Crippen molar-refractivity contribution in [3.8, 4) is 0 Å². The van der Waals surface area contributed by atoms with E-state index in [9.17, 15) is 14.7 Å². The Kier molecular flexibility index (Phi) is 2.39. The molecule has 0 aromatic rings. The molecular weight excluding hydrogens is 222 g/mol. The fourth-order valence-electron chi connectivity index (χ4n) is 3.11. The molecule has 2 saturated heterocycles. The van der Waals surface area contributed by atoms with Gasteiger partial charge in [-0.1, -0.05) is 0 Å². The van der Waals surface area contributed by atoms with E-state index in [2.05, 4.69) is 10.5 Å². The second kappa shape index (κ2) is 3.80. The highest BCUT2D eigenvalue weighted by Crippen LogP contribution is 2.36. The summed E-state index contributed by atoms with van der Waals surface area (Å²) in [5.74, 6) is -0.361. The van der Waals surface area contributed by atoms with Crippen molar-refractivity contribution in [1.82, 2.24) is 10.3 Å². The molecule has 0 radical (unpaired) electrons. The fourth-order valence-corrected chi connectivity index (χ4v) is 3.11. The Bertz CT molecular complexity index is 393. The molecule has 0 saturated carbocycles. The molecule has 0 aromatic carbocycles. The smallest absolute Gasteiger partial charge is 0.271 e. The third-order valence-electron chi connectivity index (χ3n) is 3.83. The average Bonchev–Trinajstić information content (AvgIpc) is 2.81. The molecule has 6 nitrogen and oxygen atoms in total. The maximum atomic E-state index is 12.2. The Morgan fingerprint density at radius 1 is 1.35 bits per heavy atom. The van der Waals surface area contributed by atoms with Crippen LogP contribution in [0.15, 0.2) is 5.10 Å². The Hall–Kier alpha value is -1.43. The molecule has 92 valence electrons. The molecule has 3 aliphatic rings. The zero-order valence-electron chi connectivity index (χ0n) is 9.43. The summed E-state index contributed by atoms with van der Waals surface area (Å²) >= 11 is 0. The first kappa shape index (κ1) is 10.7. The van der Waals surface area contributed by atoms with Crippen molar-refractivity contribution in [2.45, 2.75) is 50.3 Å². The highest BCUT2D eigenvalue weighted by molar-refractivity contribution is 6.43. The first-order valence-corrected chi connectivity index (χ1v) is 6.01. The first-order chi connectivity index (χ1) is 8.15. The van der Waals surface area contributed by atoms with E-state index in [1.165, 1.54) is 0 Å². The first-order valence-electron chi connectivity index (χ1n) is 6.01. The number of piperidine rings is 1. The van der Waals surface area contributed by atoms with E-state index in [-0.39, 0.29) is 36.4 Å². The molecule has 1 unspecified atom stereocenters. The Morgan fingerprint density at radius 3 is 2.53 bits per heavy atom.